The molecular weight excluding hydrogens is 258 g/mol. The van der Waals surface area contributed by atoms with Crippen LogP contribution in [-0.2, 0) is 10.6 Å². The van der Waals surface area contributed by atoms with Crippen molar-refractivity contribution in [2.24, 2.45) is 0 Å². The number of non-ortho nitro benzene ring substituents is 1. The molecule has 0 bridgehead atoms. The van der Waals surface area contributed by atoms with Crippen molar-refractivity contribution in [3.63, 3.8) is 0 Å². The van der Waals surface area contributed by atoms with Crippen molar-refractivity contribution in [2.45, 2.75) is 24.8 Å². The number of benzene rings is 1. The highest BCUT2D eigenvalue weighted by atomic mass is 35.5. The maximum absolute atomic E-state index is 10.6. The molecule has 1 heterocycles. The van der Waals surface area contributed by atoms with E-state index in [4.69, 9.17) is 21.1 Å². The molecule has 0 N–H and O–H groups in total. The number of alkyl halides is 1. The van der Waals surface area contributed by atoms with Gasteiger partial charge >= 0.3 is 0 Å². The van der Waals surface area contributed by atoms with Gasteiger partial charge in [0.25, 0.3) is 5.69 Å². The molecule has 0 aliphatic carbocycles. The number of hydrogen-bond donors (Lipinski definition) is 0. The zero-order chi connectivity index (χ0) is 13.0. The molecule has 0 aromatic heterocycles. The molecule has 1 aromatic rings. The summed E-state index contributed by atoms with van der Waals surface area (Å²) in [6.45, 7) is 1.23. The number of hydrogen-bond acceptors (Lipinski definition) is 4. The number of nitro benzene ring substituents is 1. The van der Waals surface area contributed by atoms with Crippen LogP contribution in [0.5, 0.6) is 5.75 Å². The summed E-state index contributed by atoms with van der Waals surface area (Å²) in [6.07, 6.45) is 2.16. The zero-order valence-electron chi connectivity index (χ0n) is 9.80. The average Bonchev–Trinajstić information content (AvgIpc) is 2.89. The topological polar surface area (TPSA) is 61.6 Å². The summed E-state index contributed by atoms with van der Waals surface area (Å²) >= 11 is 5.77. The molecule has 0 radical (unpaired) electrons. The molecule has 6 heteroatoms. The van der Waals surface area contributed by atoms with E-state index in [2.05, 4.69) is 0 Å². The number of nitro groups is 1. The highest BCUT2D eigenvalue weighted by Crippen LogP contribution is 2.26. The maximum atomic E-state index is 10.6. The molecular formula is C12H14ClNO4. The summed E-state index contributed by atoms with van der Waals surface area (Å²) in [5.41, 5.74) is 0.652. The van der Waals surface area contributed by atoms with Crippen molar-refractivity contribution in [2.75, 3.05) is 13.2 Å². The average molecular weight is 272 g/mol. The van der Waals surface area contributed by atoms with Crippen LogP contribution in [0.15, 0.2) is 18.2 Å². The number of ether oxygens (including phenoxy) is 2. The second-order valence-corrected chi connectivity index (χ2v) is 4.40. The lowest BCUT2D eigenvalue weighted by Gasteiger charge is -2.13. The van der Waals surface area contributed by atoms with E-state index in [0.29, 0.717) is 17.9 Å². The first-order valence-corrected chi connectivity index (χ1v) is 6.32. The SMILES string of the molecule is O=[N+]([O-])c1ccc(OCC2CCCO2)c(CCl)c1. The second-order valence-electron chi connectivity index (χ2n) is 4.13. The van der Waals surface area contributed by atoms with Crippen LogP contribution >= 0.6 is 11.6 Å². The molecule has 1 fully saturated rings. The summed E-state index contributed by atoms with van der Waals surface area (Å²) < 4.78 is 11.1. The van der Waals surface area contributed by atoms with Crippen molar-refractivity contribution >= 4 is 17.3 Å². The standard InChI is InChI=1S/C12H14ClNO4/c13-7-9-6-10(14(15)16)3-4-12(9)18-8-11-2-1-5-17-11/h3-4,6,11H,1-2,5,7-8H2. The third kappa shape index (κ3) is 3.11. The lowest BCUT2D eigenvalue weighted by molar-refractivity contribution is -0.384. The molecule has 18 heavy (non-hydrogen) atoms. The van der Waals surface area contributed by atoms with Crippen LogP contribution in [0.4, 0.5) is 5.69 Å². The Labute approximate surface area is 110 Å². The first-order chi connectivity index (χ1) is 8.70. The van der Waals surface area contributed by atoms with Gasteiger partial charge in [0.2, 0.25) is 0 Å². The summed E-state index contributed by atoms with van der Waals surface area (Å²) in [5, 5.41) is 10.6. The molecule has 1 aliphatic rings. The molecule has 1 saturated heterocycles. The Balaban J connectivity index is 2.04. The van der Waals surface area contributed by atoms with Gasteiger partial charge in [-0.25, -0.2) is 0 Å². The second kappa shape index (κ2) is 6.02. The fourth-order valence-corrected chi connectivity index (χ4v) is 2.09. The monoisotopic (exact) mass is 271 g/mol. The molecule has 2 rings (SSSR count). The van der Waals surface area contributed by atoms with Crippen LogP contribution in [0.3, 0.4) is 0 Å². The van der Waals surface area contributed by atoms with E-state index in [1.807, 2.05) is 0 Å². The largest absolute Gasteiger partial charge is 0.491 e. The Bertz CT molecular complexity index is 432. The molecule has 1 aromatic carbocycles. The lowest BCUT2D eigenvalue weighted by Crippen LogP contribution is -2.16. The zero-order valence-corrected chi connectivity index (χ0v) is 10.6. The van der Waals surface area contributed by atoms with Crippen LogP contribution in [0.25, 0.3) is 0 Å². The van der Waals surface area contributed by atoms with Crippen LogP contribution in [0.1, 0.15) is 18.4 Å². The predicted octanol–water partition coefficient (Wildman–Crippen LogP) is 2.89. The minimum absolute atomic E-state index is 0.0233. The van der Waals surface area contributed by atoms with Gasteiger partial charge in [-0.1, -0.05) is 0 Å². The van der Waals surface area contributed by atoms with E-state index in [-0.39, 0.29) is 17.7 Å². The lowest BCUT2D eigenvalue weighted by atomic mass is 10.2. The predicted molar refractivity (Wildman–Crippen MR) is 67.1 cm³/mol. The van der Waals surface area contributed by atoms with Gasteiger partial charge in [-0.15, -0.1) is 11.6 Å². The molecule has 1 atom stereocenters. The van der Waals surface area contributed by atoms with Gasteiger partial charge in [0, 0.05) is 24.3 Å². The highest BCUT2D eigenvalue weighted by Gasteiger charge is 2.17. The van der Waals surface area contributed by atoms with Gasteiger partial charge in [0.15, 0.2) is 0 Å². The van der Waals surface area contributed by atoms with E-state index < -0.39 is 4.92 Å². The van der Waals surface area contributed by atoms with Gasteiger partial charge in [-0.3, -0.25) is 10.1 Å². The van der Waals surface area contributed by atoms with Crippen LogP contribution in [-0.4, -0.2) is 24.2 Å². The minimum atomic E-state index is -0.445. The van der Waals surface area contributed by atoms with Gasteiger partial charge < -0.3 is 9.47 Å². The van der Waals surface area contributed by atoms with Gasteiger partial charge in [-0.05, 0) is 18.9 Å². The molecule has 0 saturated carbocycles. The summed E-state index contributed by atoms with van der Waals surface area (Å²) in [4.78, 5) is 10.2. The van der Waals surface area contributed by atoms with Gasteiger partial charge in [0.1, 0.15) is 12.4 Å². The van der Waals surface area contributed by atoms with Gasteiger partial charge in [-0.2, -0.15) is 0 Å². The Morgan fingerprint density at radius 1 is 1.56 bits per heavy atom. The van der Waals surface area contributed by atoms with E-state index in [9.17, 15) is 10.1 Å². The molecule has 0 spiro atoms. The molecule has 0 amide bonds. The maximum Gasteiger partial charge on any atom is 0.270 e. The fraction of sp³-hybridized carbons (Fsp3) is 0.500. The third-order valence-corrected chi connectivity index (χ3v) is 3.14. The number of rotatable bonds is 5. The summed E-state index contributed by atoms with van der Waals surface area (Å²) in [6, 6.07) is 4.45. The van der Waals surface area contributed by atoms with Crippen LogP contribution in [0, 0.1) is 10.1 Å². The van der Waals surface area contributed by atoms with Crippen molar-refractivity contribution < 1.29 is 14.4 Å². The van der Waals surface area contributed by atoms with Gasteiger partial charge in [0.05, 0.1) is 16.9 Å². The van der Waals surface area contributed by atoms with E-state index in [1.165, 1.54) is 12.1 Å². The smallest absolute Gasteiger partial charge is 0.270 e. The summed E-state index contributed by atoms with van der Waals surface area (Å²) in [5.74, 6) is 0.772. The van der Waals surface area contributed by atoms with Crippen LogP contribution in [0.2, 0.25) is 0 Å². The van der Waals surface area contributed by atoms with E-state index in [1.54, 1.807) is 6.07 Å². The van der Waals surface area contributed by atoms with Crippen molar-refractivity contribution in [3.05, 3.63) is 33.9 Å². The molecule has 1 unspecified atom stereocenters. The van der Waals surface area contributed by atoms with Crippen molar-refractivity contribution in [3.8, 4) is 5.75 Å². The molecule has 5 nitrogen and oxygen atoms in total. The molecule has 1 aliphatic heterocycles. The quantitative estimate of drug-likeness (QED) is 0.469. The number of nitrogens with zero attached hydrogens (tertiary/aromatic N) is 1. The van der Waals surface area contributed by atoms with Crippen molar-refractivity contribution in [1.29, 1.82) is 0 Å². The third-order valence-electron chi connectivity index (χ3n) is 2.85. The van der Waals surface area contributed by atoms with E-state index >= 15 is 0 Å². The fourth-order valence-electron chi connectivity index (χ4n) is 1.88. The Kier molecular flexibility index (Phi) is 4.38. The normalized spacial score (nSPS) is 18.8. The van der Waals surface area contributed by atoms with Crippen molar-refractivity contribution in [1.82, 2.24) is 0 Å². The van der Waals surface area contributed by atoms with E-state index in [0.717, 1.165) is 19.4 Å². The Morgan fingerprint density at radius 2 is 2.39 bits per heavy atom. The Morgan fingerprint density at radius 3 is 3.00 bits per heavy atom. The summed E-state index contributed by atoms with van der Waals surface area (Å²) in [7, 11) is 0. The first kappa shape index (κ1) is 13.1. The first-order valence-electron chi connectivity index (χ1n) is 5.78. The number of halogens is 1. The minimum Gasteiger partial charge on any atom is -0.491 e. The Hall–Kier alpha value is -1.33. The highest BCUT2D eigenvalue weighted by molar-refractivity contribution is 6.17. The van der Waals surface area contributed by atoms with Crippen LogP contribution < -0.4 is 4.74 Å². The molecule has 98 valence electrons.